The molecular weight excluding hydrogens is 242 g/mol. The molecule has 0 saturated carbocycles. The Hall–Kier alpha value is -1.78. The van der Waals surface area contributed by atoms with E-state index in [1.165, 1.54) is 13.5 Å². The van der Waals surface area contributed by atoms with Crippen LogP contribution in [0.4, 0.5) is 11.5 Å². The predicted molar refractivity (Wildman–Crippen MR) is 75.2 cm³/mol. The molecular formula is C14H21N3O2. The number of anilines is 2. The second kappa shape index (κ2) is 5.47. The van der Waals surface area contributed by atoms with Gasteiger partial charge < -0.3 is 15.4 Å². The molecule has 2 unspecified atom stereocenters. The largest absolute Gasteiger partial charge is 0.465 e. The van der Waals surface area contributed by atoms with Crippen LogP contribution in [0.25, 0.3) is 0 Å². The van der Waals surface area contributed by atoms with Crippen molar-refractivity contribution in [2.24, 2.45) is 5.92 Å². The molecule has 1 fully saturated rings. The fourth-order valence-electron chi connectivity index (χ4n) is 2.55. The number of hydrogen-bond donors (Lipinski definition) is 1. The molecule has 5 nitrogen and oxygen atoms in total. The molecule has 0 bridgehead atoms. The van der Waals surface area contributed by atoms with Crippen LogP contribution < -0.4 is 10.6 Å². The number of methoxy groups -OCH3 is 1. The van der Waals surface area contributed by atoms with Gasteiger partial charge in [0.2, 0.25) is 0 Å². The molecule has 2 rings (SSSR count). The number of aromatic nitrogens is 1. The highest BCUT2D eigenvalue weighted by Gasteiger charge is 2.27. The van der Waals surface area contributed by atoms with Gasteiger partial charge in [0, 0.05) is 12.6 Å². The molecule has 1 aliphatic rings. The second-order valence-electron chi connectivity index (χ2n) is 5.32. The average molecular weight is 263 g/mol. The van der Waals surface area contributed by atoms with Crippen LogP contribution in [-0.4, -0.2) is 30.6 Å². The summed E-state index contributed by atoms with van der Waals surface area (Å²) in [4.78, 5) is 18.4. The fourth-order valence-corrected chi connectivity index (χ4v) is 2.55. The van der Waals surface area contributed by atoms with Crippen molar-refractivity contribution in [3.8, 4) is 0 Å². The average Bonchev–Trinajstić information content (AvgIpc) is 2.41. The zero-order chi connectivity index (χ0) is 14.0. The summed E-state index contributed by atoms with van der Waals surface area (Å²) in [5.74, 6) is 0.890. The van der Waals surface area contributed by atoms with Gasteiger partial charge in [-0.25, -0.2) is 9.78 Å². The van der Waals surface area contributed by atoms with Crippen molar-refractivity contribution in [1.29, 1.82) is 0 Å². The smallest absolute Gasteiger partial charge is 0.341 e. The highest BCUT2D eigenvalue weighted by atomic mass is 16.5. The molecule has 0 spiro atoms. The molecule has 0 amide bonds. The first-order valence-corrected chi connectivity index (χ1v) is 6.63. The number of piperidine rings is 1. The Balaban J connectivity index is 2.40. The summed E-state index contributed by atoms with van der Waals surface area (Å²) in [6.45, 7) is 5.28. The lowest BCUT2D eigenvalue weighted by atomic mass is 9.94. The summed E-state index contributed by atoms with van der Waals surface area (Å²) in [7, 11) is 1.37. The van der Waals surface area contributed by atoms with Crippen LogP contribution in [0.5, 0.6) is 0 Å². The van der Waals surface area contributed by atoms with E-state index in [9.17, 15) is 4.79 Å². The van der Waals surface area contributed by atoms with E-state index in [0.29, 0.717) is 29.0 Å². The number of nitrogens with two attached hydrogens (primary N) is 1. The van der Waals surface area contributed by atoms with E-state index in [2.05, 4.69) is 23.7 Å². The summed E-state index contributed by atoms with van der Waals surface area (Å²) < 4.78 is 4.82. The molecule has 1 aromatic rings. The van der Waals surface area contributed by atoms with Gasteiger partial charge in [-0.1, -0.05) is 6.92 Å². The van der Waals surface area contributed by atoms with Crippen molar-refractivity contribution < 1.29 is 9.53 Å². The molecule has 5 heteroatoms. The van der Waals surface area contributed by atoms with Crippen LogP contribution in [0.15, 0.2) is 12.3 Å². The van der Waals surface area contributed by atoms with Gasteiger partial charge >= 0.3 is 5.97 Å². The van der Waals surface area contributed by atoms with E-state index in [4.69, 9.17) is 10.5 Å². The third-order valence-corrected chi connectivity index (χ3v) is 3.68. The van der Waals surface area contributed by atoms with Crippen molar-refractivity contribution in [3.05, 3.63) is 17.8 Å². The first-order valence-electron chi connectivity index (χ1n) is 6.63. The molecule has 2 heterocycles. The second-order valence-corrected chi connectivity index (χ2v) is 5.32. The maximum Gasteiger partial charge on any atom is 0.341 e. The number of ether oxygens (including phenoxy) is 1. The lowest BCUT2D eigenvalue weighted by molar-refractivity contribution is 0.0601. The fraction of sp³-hybridized carbons (Fsp3) is 0.571. The Morgan fingerprint density at radius 1 is 1.47 bits per heavy atom. The van der Waals surface area contributed by atoms with Crippen molar-refractivity contribution in [2.75, 3.05) is 24.3 Å². The van der Waals surface area contributed by atoms with Crippen LogP contribution in [0, 0.1) is 5.92 Å². The Morgan fingerprint density at radius 3 is 2.89 bits per heavy atom. The Labute approximate surface area is 113 Å². The molecule has 0 aliphatic carbocycles. The molecule has 0 aromatic carbocycles. The van der Waals surface area contributed by atoms with E-state index in [1.54, 1.807) is 12.3 Å². The van der Waals surface area contributed by atoms with Gasteiger partial charge in [0.05, 0.1) is 19.0 Å². The maximum atomic E-state index is 11.9. The molecule has 2 N–H and O–H groups in total. The van der Waals surface area contributed by atoms with Gasteiger partial charge in [0.25, 0.3) is 0 Å². The van der Waals surface area contributed by atoms with Crippen molar-refractivity contribution in [3.63, 3.8) is 0 Å². The quantitative estimate of drug-likeness (QED) is 0.827. The number of pyridine rings is 1. The maximum absolute atomic E-state index is 11.9. The van der Waals surface area contributed by atoms with Gasteiger partial charge in [-0.2, -0.15) is 0 Å². The van der Waals surface area contributed by atoms with Crippen molar-refractivity contribution in [1.82, 2.24) is 4.98 Å². The Morgan fingerprint density at radius 2 is 2.21 bits per heavy atom. The lowest BCUT2D eigenvalue weighted by Gasteiger charge is -2.38. The van der Waals surface area contributed by atoms with Gasteiger partial charge in [-0.05, 0) is 31.7 Å². The number of carbonyl (C=O) groups is 1. The third kappa shape index (κ3) is 2.80. The van der Waals surface area contributed by atoms with Crippen molar-refractivity contribution >= 4 is 17.5 Å². The van der Waals surface area contributed by atoms with E-state index in [0.717, 1.165) is 13.0 Å². The molecule has 2 atom stereocenters. The minimum Gasteiger partial charge on any atom is -0.465 e. The van der Waals surface area contributed by atoms with Gasteiger partial charge in [0.1, 0.15) is 11.4 Å². The van der Waals surface area contributed by atoms with E-state index < -0.39 is 0 Å². The summed E-state index contributed by atoms with van der Waals surface area (Å²) in [6, 6.07) is 2.01. The molecule has 0 radical (unpaired) electrons. The number of rotatable bonds is 2. The monoisotopic (exact) mass is 263 g/mol. The standard InChI is InChI=1S/C14H21N3O2/c1-9-4-5-10(2)17(8-9)13-12(14(18)19-3)6-11(15)7-16-13/h6-7,9-10H,4-5,8,15H2,1-3H3. The number of carbonyl (C=O) groups excluding carboxylic acids is 1. The zero-order valence-electron chi connectivity index (χ0n) is 11.7. The molecule has 1 aromatic heterocycles. The Kier molecular flexibility index (Phi) is 3.93. The van der Waals surface area contributed by atoms with Crippen LogP contribution in [-0.2, 0) is 4.74 Å². The van der Waals surface area contributed by atoms with E-state index in [1.807, 2.05) is 0 Å². The number of nitrogen functional groups attached to an aromatic ring is 1. The van der Waals surface area contributed by atoms with Gasteiger partial charge in [-0.15, -0.1) is 0 Å². The molecule has 104 valence electrons. The Bertz CT molecular complexity index is 476. The highest BCUT2D eigenvalue weighted by Crippen LogP contribution is 2.29. The third-order valence-electron chi connectivity index (χ3n) is 3.68. The molecule has 1 aliphatic heterocycles. The van der Waals surface area contributed by atoms with E-state index >= 15 is 0 Å². The zero-order valence-corrected chi connectivity index (χ0v) is 11.7. The van der Waals surface area contributed by atoms with Gasteiger partial charge in [0.15, 0.2) is 0 Å². The summed E-state index contributed by atoms with van der Waals surface area (Å²) in [5, 5.41) is 0. The first-order chi connectivity index (χ1) is 9.02. The molecule has 19 heavy (non-hydrogen) atoms. The topological polar surface area (TPSA) is 68.5 Å². The van der Waals surface area contributed by atoms with Gasteiger partial charge in [-0.3, -0.25) is 0 Å². The summed E-state index contributed by atoms with van der Waals surface area (Å²) in [5.41, 5.74) is 6.64. The lowest BCUT2D eigenvalue weighted by Crippen LogP contribution is -2.42. The van der Waals surface area contributed by atoms with Crippen LogP contribution in [0.3, 0.4) is 0 Å². The first kappa shape index (κ1) is 13.6. The van der Waals surface area contributed by atoms with Crippen molar-refractivity contribution in [2.45, 2.75) is 32.7 Å². The van der Waals surface area contributed by atoms with Crippen LogP contribution in [0.1, 0.15) is 37.0 Å². The number of nitrogens with zero attached hydrogens (tertiary/aromatic N) is 2. The van der Waals surface area contributed by atoms with E-state index in [-0.39, 0.29) is 5.97 Å². The number of esters is 1. The highest BCUT2D eigenvalue weighted by molar-refractivity contribution is 5.95. The summed E-state index contributed by atoms with van der Waals surface area (Å²) >= 11 is 0. The van der Waals surface area contributed by atoms with Crippen LogP contribution >= 0.6 is 0 Å². The van der Waals surface area contributed by atoms with Crippen LogP contribution in [0.2, 0.25) is 0 Å². The SMILES string of the molecule is COC(=O)c1cc(N)cnc1N1CC(C)CCC1C. The summed E-state index contributed by atoms with van der Waals surface area (Å²) in [6.07, 6.45) is 3.90. The molecule has 1 saturated heterocycles. The minimum atomic E-state index is -0.389. The minimum absolute atomic E-state index is 0.371. The predicted octanol–water partition coefficient (Wildman–Crippen LogP) is 2.08. The normalized spacial score (nSPS) is 23.2. The number of hydrogen-bond acceptors (Lipinski definition) is 5.